The zero-order valence-corrected chi connectivity index (χ0v) is 16.3. The van der Waals surface area contributed by atoms with Gasteiger partial charge in [0.15, 0.2) is 6.61 Å². The standard InChI is InChI=1S/C18H23N5O5/c1-12-18(23(26)27)13(2)22(20-12)10-17(25)28-11-16(24)19-9-14-5-7-15(8-6-14)21(3)4/h5-8H,9-11H2,1-4H3,(H,19,24). The number of nitro groups is 1. The molecule has 1 aromatic carbocycles. The first-order chi connectivity index (χ1) is 13.2. The summed E-state index contributed by atoms with van der Waals surface area (Å²) in [6, 6.07) is 7.68. The quantitative estimate of drug-likeness (QED) is 0.411. The zero-order chi connectivity index (χ0) is 20.8. The second-order valence-electron chi connectivity index (χ2n) is 6.43. The molecule has 0 saturated heterocycles. The molecule has 1 N–H and O–H groups in total. The fourth-order valence-corrected chi connectivity index (χ4v) is 2.58. The molecule has 2 aromatic rings. The van der Waals surface area contributed by atoms with Crippen LogP contribution < -0.4 is 10.2 Å². The van der Waals surface area contributed by atoms with Crippen LogP contribution in [0.4, 0.5) is 11.4 Å². The molecule has 0 bridgehead atoms. The smallest absolute Gasteiger partial charge is 0.328 e. The Morgan fingerprint density at radius 3 is 2.43 bits per heavy atom. The highest BCUT2D eigenvalue weighted by atomic mass is 16.6. The maximum absolute atomic E-state index is 11.9. The number of hydrogen-bond donors (Lipinski definition) is 1. The first-order valence-electron chi connectivity index (χ1n) is 8.56. The van der Waals surface area contributed by atoms with Crippen LogP contribution in [0.1, 0.15) is 17.0 Å². The Hall–Kier alpha value is -3.43. The summed E-state index contributed by atoms with van der Waals surface area (Å²) in [6.45, 7) is 2.56. The van der Waals surface area contributed by atoms with Crippen molar-refractivity contribution in [2.75, 3.05) is 25.6 Å². The van der Waals surface area contributed by atoms with Crippen LogP contribution in [0.15, 0.2) is 24.3 Å². The lowest BCUT2D eigenvalue weighted by Crippen LogP contribution is -2.29. The third-order valence-corrected chi connectivity index (χ3v) is 4.11. The normalized spacial score (nSPS) is 10.4. The van der Waals surface area contributed by atoms with Gasteiger partial charge in [-0.25, -0.2) is 0 Å². The Morgan fingerprint density at radius 1 is 1.25 bits per heavy atom. The van der Waals surface area contributed by atoms with Gasteiger partial charge in [-0.3, -0.25) is 24.4 Å². The van der Waals surface area contributed by atoms with Crippen molar-refractivity contribution in [3.8, 4) is 0 Å². The Kier molecular flexibility index (Phi) is 6.69. The second-order valence-corrected chi connectivity index (χ2v) is 6.43. The fourth-order valence-electron chi connectivity index (χ4n) is 2.58. The Morgan fingerprint density at radius 2 is 1.89 bits per heavy atom. The summed E-state index contributed by atoms with van der Waals surface area (Å²) in [6.07, 6.45) is 0. The lowest BCUT2D eigenvalue weighted by molar-refractivity contribution is -0.386. The number of carbonyl (C=O) groups is 2. The summed E-state index contributed by atoms with van der Waals surface area (Å²) in [5.74, 6) is -1.14. The number of benzene rings is 1. The molecular weight excluding hydrogens is 366 g/mol. The molecule has 150 valence electrons. The van der Waals surface area contributed by atoms with Crippen LogP contribution in [0.3, 0.4) is 0 Å². The van der Waals surface area contributed by atoms with Gasteiger partial charge in [0.2, 0.25) is 0 Å². The third-order valence-electron chi connectivity index (χ3n) is 4.11. The maximum Gasteiger partial charge on any atom is 0.328 e. The van der Waals surface area contributed by atoms with Crippen molar-refractivity contribution in [1.82, 2.24) is 15.1 Å². The average molecular weight is 389 g/mol. The van der Waals surface area contributed by atoms with Gasteiger partial charge in [0.05, 0.1) is 4.92 Å². The van der Waals surface area contributed by atoms with E-state index in [1.807, 2.05) is 43.3 Å². The van der Waals surface area contributed by atoms with Gasteiger partial charge < -0.3 is 15.0 Å². The fraction of sp³-hybridized carbons (Fsp3) is 0.389. The minimum Gasteiger partial charge on any atom is -0.454 e. The Labute approximate surface area is 162 Å². The van der Waals surface area contributed by atoms with Crippen LogP contribution in [0.2, 0.25) is 0 Å². The predicted octanol–water partition coefficient (Wildman–Crippen LogP) is 1.33. The largest absolute Gasteiger partial charge is 0.454 e. The number of rotatable bonds is 8. The number of ether oxygens (including phenoxy) is 1. The Bertz CT molecular complexity index is 873. The molecule has 0 aliphatic rings. The number of esters is 1. The molecule has 0 radical (unpaired) electrons. The van der Waals surface area contributed by atoms with E-state index in [-0.39, 0.29) is 23.6 Å². The summed E-state index contributed by atoms with van der Waals surface area (Å²) in [5, 5.41) is 17.6. The van der Waals surface area contributed by atoms with Gasteiger partial charge in [-0.1, -0.05) is 12.1 Å². The SMILES string of the molecule is Cc1nn(CC(=O)OCC(=O)NCc2ccc(N(C)C)cc2)c(C)c1[N+](=O)[O-]. The van der Waals surface area contributed by atoms with Crippen molar-refractivity contribution in [2.45, 2.75) is 26.9 Å². The molecule has 28 heavy (non-hydrogen) atoms. The van der Waals surface area contributed by atoms with Crippen LogP contribution in [0, 0.1) is 24.0 Å². The molecule has 1 amide bonds. The summed E-state index contributed by atoms with van der Waals surface area (Å²) < 4.78 is 6.12. The van der Waals surface area contributed by atoms with Crippen LogP contribution in [0.25, 0.3) is 0 Å². The van der Waals surface area contributed by atoms with Gasteiger partial charge in [-0.05, 0) is 31.5 Å². The van der Waals surface area contributed by atoms with E-state index >= 15 is 0 Å². The molecule has 1 aromatic heterocycles. The van der Waals surface area contributed by atoms with Gasteiger partial charge in [0.25, 0.3) is 5.91 Å². The summed E-state index contributed by atoms with van der Waals surface area (Å²) in [7, 11) is 3.88. The number of aryl methyl sites for hydroxylation is 1. The molecule has 1 heterocycles. The molecular formula is C18H23N5O5. The molecule has 10 heteroatoms. The van der Waals surface area contributed by atoms with Gasteiger partial charge in [0, 0.05) is 26.3 Å². The van der Waals surface area contributed by atoms with E-state index in [2.05, 4.69) is 10.4 Å². The van der Waals surface area contributed by atoms with E-state index < -0.39 is 23.4 Å². The van der Waals surface area contributed by atoms with E-state index in [4.69, 9.17) is 4.74 Å². The molecule has 0 aliphatic carbocycles. The first-order valence-corrected chi connectivity index (χ1v) is 8.56. The average Bonchev–Trinajstić information content (AvgIpc) is 2.91. The highest BCUT2D eigenvalue weighted by Gasteiger charge is 2.23. The number of hydrogen-bond acceptors (Lipinski definition) is 7. The van der Waals surface area contributed by atoms with Gasteiger partial charge in [-0.2, -0.15) is 5.10 Å². The molecule has 0 fully saturated rings. The van der Waals surface area contributed by atoms with E-state index in [9.17, 15) is 19.7 Å². The second kappa shape index (κ2) is 8.98. The van der Waals surface area contributed by atoms with Crippen molar-refractivity contribution >= 4 is 23.3 Å². The lowest BCUT2D eigenvalue weighted by Gasteiger charge is -2.13. The van der Waals surface area contributed by atoms with Crippen LogP contribution in [-0.2, 0) is 27.4 Å². The van der Waals surface area contributed by atoms with Gasteiger partial charge in [-0.15, -0.1) is 0 Å². The number of amides is 1. The lowest BCUT2D eigenvalue weighted by atomic mass is 10.2. The maximum atomic E-state index is 11.9. The summed E-state index contributed by atoms with van der Waals surface area (Å²) in [4.78, 5) is 36.2. The van der Waals surface area contributed by atoms with E-state index in [1.54, 1.807) is 0 Å². The molecule has 0 unspecified atom stereocenters. The summed E-state index contributed by atoms with van der Waals surface area (Å²) >= 11 is 0. The van der Waals surface area contributed by atoms with Crippen molar-refractivity contribution in [3.63, 3.8) is 0 Å². The minimum absolute atomic E-state index is 0.133. The molecule has 0 aliphatic heterocycles. The van der Waals surface area contributed by atoms with E-state index in [0.717, 1.165) is 11.3 Å². The highest BCUT2D eigenvalue weighted by Crippen LogP contribution is 2.21. The third kappa shape index (κ3) is 5.29. The molecule has 10 nitrogen and oxygen atoms in total. The first kappa shape index (κ1) is 20.9. The van der Waals surface area contributed by atoms with Crippen LogP contribution in [0.5, 0.6) is 0 Å². The van der Waals surface area contributed by atoms with Crippen molar-refractivity contribution in [3.05, 3.63) is 51.3 Å². The predicted molar refractivity (Wildman–Crippen MR) is 102 cm³/mol. The highest BCUT2D eigenvalue weighted by molar-refractivity contribution is 5.80. The van der Waals surface area contributed by atoms with Crippen LogP contribution >= 0.6 is 0 Å². The molecule has 0 atom stereocenters. The number of nitrogens with zero attached hydrogens (tertiary/aromatic N) is 4. The number of carbonyl (C=O) groups excluding carboxylic acids is 2. The molecule has 0 spiro atoms. The monoisotopic (exact) mass is 389 g/mol. The van der Waals surface area contributed by atoms with Gasteiger partial charge in [0.1, 0.15) is 17.9 Å². The number of nitrogens with one attached hydrogen (secondary N) is 1. The topological polar surface area (TPSA) is 120 Å². The van der Waals surface area contributed by atoms with E-state index in [1.165, 1.54) is 18.5 Å². The molecule has 2 rings (SSSR count). The van der Waals surface area contributed by atoms with Crippen molar-refractivity contribution in [2.24, 2.45) is 0 Å². The van der Waals surface area contributed by atoms with E-state index in [0.29, 0.717) is 6.54 Å². The van der Waals surface area contributed by atoms with Crippen molar-refractivity contribution in [1.29, 1.82) is 0 Å². The number of anilines is 1. The van der Waals surface area contributed by atoms with Crippen LogP contribution in [-0.4, -0.2) is 47.3 Å². The van der Waals surface area contributed by atoms with Gasteiger partial charge >= 0.3 is 11.7 Å². The minimum atomic E-state index is -0.703. The summed E-state index contributed by atoms with van der Waals surface area (Å²) in [5.41, 5.74) is 2.30. The zero-order valence-electron chi connectivity index (χ0n) is 16.3. The van der Waals surface area contributed by atoms with Crippen molar-refractivity contribution < 1.29 is 19.2 Å². The Balaban J connectivity index is 1.80. The number of aromatic nitrogens is 2. The molecule has 0 saturated carbocycles.